The quantitative estimate of drug-likeness (QED) is 0.769. The monoisotopic (exact) mass is 374 g/mol. The van der Waals surface area contributed by atoms with Crippen molar-refractivity contribution < 1.29 is 19.1 Å². The van der Waals surface area contributed by atoms with Crippen molar-refractivity contribution in [2.75, 3.05) is 13.2 Å². The molecule has 0 aromatic heterocycles. The minimum Gasteiger partial charge on any atom is -0.494 e. The summed E-state index contributed by atoms with van der Waals surface area (Å²) in [7, 11) is 0. The zero-order chi connectivity index (χ0) is 19.2. The van der Waals surface area contributed by atoms with Gasteiger partial charge in [-0.2, -0.15) is 0 Å². The summed E-state index contributed by atoms with van der Waals surface area (Å²) >= 11 is 0. The highest BCUT2D eigenvalue weighted by Gasteiger charge is 2.23. The van der Waals surface area contributed by atoms with Crippen molar-refractivity contribution in [3.8, 4) is 11.5 Å². The lowest BCUT2D eigenvalue weighted by atomic mass is 9.89. The minimum atomic E-state index is -0.198. The number of rotatable bonds is 7. The summed E-state index contributed by atoms with van der Waals surface area (Å²) in [6.07, 6.45) is 6.30. The van der Waals surface area contributed by atoms with Gasteiger partial charge in [0.15, 0.2) is 0 Å². The van der Waals surface area contributed by atoms with Crippen LogP contribution >= 0.6 is 0 Å². The second kappa shape index (κ2) is 9.11. The zero-order valence-corrected chi connectivity index (χ0v) is 16.3. The molecule has 0 radical (unpaired) electrons. The van der Waals surface area contributed by atoms with Crippen molar-refractivity contribution in [3.63, 3.8) is 0 Å². The van der Waals surface area contributed by atoms with E-state index in [-0.39, 0.29) is 30.4 Å². The first-order chi connectivity index (χ1) is 13.1. The molecule has 0 bridgehead atoms. The number of nitrogens with one attached hydrogen (secondary N) is 2. The summed E-state index contributed by atoms with van der Waals surface area (Å²) in [6.45, 7) is 4.90. The Kier molecular flexibility index (Phi) is 6.58. The molecule has 2 N–H and O–H groups in total. The van der Waals surface area contributed by atoms with Gasteiger partial charge in [0.2, 0.25) is 11.8 Å². The average molecular weight is 374 g/mol. The maximum Gasteiger partial charge on any atom is 0.239 e. The molecule has 3 rings (SSSR count). The summed E-state index contributed by atoms with van der Waals surface area (Å²) in [4.78, 5) is 24.3. The third kappa shape index (κ3) is 5.15. The Balaban J connectivity index is 1.52. The summed E-state index contributed by atoms with van der Waals surface area (Å²) in [5.74, 6) is 1.50. The number of hydrogen-bond donors (Lipinski definition) is 2. The van der Waals surface area contributed by atoms with Crippen LogP contribution in [0.1, 0.15) is 57.1 Å². The first-order valence-corrected chi connectivity index (χ1v) is 10.1. The third-order valence-electron chi connectivity index (χ3n) is 5.25. The highest BCUT2D eigenvalue weighted by molar-refractivity contribution is 5.85. The molecule has 2 aliphatic rings. The lowest BCUT2D eigenvalue weighted by Gasteiger charge is -2.20. The molecule has 1 saturated carbocycles. The molecule has 1 aromatic carbocycles. The van der Waals surface area contributed by atoms with Gasteiger partial charge in [0.25, 0.3) is 0 Å². The van der Waals surface area contributed by atoms with Crippen LogP contribution in [0.25, 0.3) is 0 Å². The summed E-state index contributed by atoms with van der Waals surface area (Å²) in [5, 5.41) is 5.64. The molecule has 1 aromatic rings. The van der Waals surface area contributed by atoms with Crippen LogP contribution < -0.4 is 20.1 Å². The van der Waals surface area contributed by atoms with Crippen LogP contribution in [0.15, 0.2) is 12.1 Å². The molecule has 1 unspecified atom stereocenters. The third-order valence-corrected chi connectivity index (χ3v) is 5.25. The van der Waals surface area contributed by atoms with Crippen molar-refractivity contribution in [2.24, 2.45) is 5.92 Å². The molecule has 1 heterocycles. The van der Waals surface area contributed by atoms with Crippen LogP contribution in [0.3, 0.4) is 0 Å². The maximum absolute atomic E-state index is 12.2. The Hall–Kier alpha value is -2.24. The molecule has 1 fully saturated rings. The van der Waals surface area contributed by atoms with E-state index in [0.29, 0.717) is 13.2 Å². The predicted molar refractivity (Wildman–Crippen MR) is 103 cm³/mol. The van der Waals surface area contributed by atoms with Crippen molar-refractivity contribution in [2.45, 2.75) is 65.0 Å². The van der Waals surface area contributed by atoms with Gasteiger partial charge >= 0.3 is 0 Å². The van der Waals surface area contributed by atoms with Crippen molar-refractivity contribution >= 4 is 11.8 Å². The SMILES string of the molecule is CCOc1cc2c(cc1CNC(=O)CNC(=O)C1CCCCC1)OC(C)C2. The molecule has 6 heteroatoms. The number of ether oxygens (including phenoxy) is 2. The molecular weight excluding hydrogens is 344 g/mol. The Labute approximate surface area is 161 Å². The molecule has 6 nitrogen and oxygen atoms in total. The first kappa shape index (κ1) is 19.5. The fourth-order valence-electron chi connectivity index (χ4n) is 3.84. The lowest BCUT2D eigenvalue weighted by Crippen LogP contribution is -2.39. The van der Waals surface area contributed by atoms with Crippen molar-refractivity contribution in [1.82, 2.24) is 10.6 Å². The number of carbonyl (C=O) groups is 2. The Bertz CT molecular complexity index is 683. The molecule has 1 atom stereocenters. The highest BCUT2D eigenvalue weighted by atomic mass is 16.5. The molecule has 0 spiro atoms. The second-order valence-electron chi connectivity index (χ2n) is 7.46. The fourth-order valence-corrected chi connectivity index (χ4v) is 3.84. The lowest BCUT2D eigenvalue weighted by molar-refractivity contribution is -0.129. The highest BCUT2D eigenvalue weighted by Crippen LogP contribution is 2.35. The van der Waals surface area contributed by atoms with Crippen LogP contribution in [0.5, 0.6) is 11.5 Å². The molecular formula is C21H30N2O4. The van der Waals surface area contributed by atoms with Gasteiger partial charge in [0, 0.05) is 30.0 Å². The minimum absolute atomic E-state index is 0.000210. The predicted octanol–water partition coefficient (Wildman–Crippen LogP) is 2.72. The summed E-state index contributed by atoms with van der Waals surface area (Å²) in [5.41, 5.74) is 2.03. The van der Waals surface area contributed by atoms with E-state index >= 15 is 0 Å². The van der Waals surface area contributed by atoms with Gasteiger partial charge in [-0.15, -0.1) is 0 Å². The van der Waals surface area contributed by atoms with E-state index in [0.717, 1.165) is 54.7 Å². The largest absolute Gasteiger partial charge is 0.494 e. The molecule has 27 heavy (non-hydrogen) atoms. The van der Waals surface area contributed by atoms with Crippen LogP contribution in [0.4, 0.5) is 0 Å². The first-order valence-electron chi connectivity index (χ1n) is 10.1. The van der Waals surface area contributed by atoms with Gasteiger partial charge in [-0.3, -0.25) is 9.59 Å². The topological polar surface area (TPSA) is 76.7 Å². The van der Waals surface area contributed by atoms with E-state index in [4.69, 9.17) is 9.47 Å². The summed E-state index contributed by atoms with van der Waals surface area (Å²) < 4.78 is 11.5. The average Bonchev–Trinajstić information content (AvgIpc) is 3.04. The normalized spacial score (nSPS) is 19.1. The van der Waals surface area contributed by atoms with E-state index in [9.17, 15) is 9.59 Å². The van der Waals surface area contributed by atoms with E-state index in [1.54, 1.807) is 0 Å². The van der Waals surface area contributed by atoms with Crippen LogP contribution in [0.2, 0.25) is 0 Å². The molecule has 148 valence electrons. The maximum atomic E-state index is 12.2. The van der Waals surface area contributed by atoms with Crippen molar-refractivity contribution in [1.29, 1.82) is 0 Å². The van der Waals surface area contributed by atoms with Gasteiger partial charge in [0.05, 0.1) is 13.2 Å². The number of hydrogen-bond acceptors (Lipinski definition) is 4. The van der Waals surface area contributed by atoms with Gasteiger partial charge in [-0.05, 0) is 38.8 Å². The van der Waals surface area contributed by atoms with E-state index in [1.165, 1.54) is 6.42 Å². The smallest absolute Gasteiger partial charge is 0.239 e. The van der Waals surface area contributed by atoms with Crippen LogP contribution in [0, 0.1) is 5.92 Å². The number of amides is 2. The molecule has 0 saturated heterocycles. The van der Waals surface area contributed by atoms with Gasteiger partial charge in [-0.25, -0.2) is 0 Å². The number of carbonyl (C=O) groups excluding carboxylic acids is 2. The standard InChI is InChI=1S/C21H30N2O4/c1-3-26-18-10-16-9-14(2)27-19(16)11-17(18)12-22-20(24)13-23-21(25)15-7-5-4-6-8-15/h10-11,14-15H,3-9,12-13H2,1-2H3,(H,22,24)(H,23,25). The van der Waals surface area contributed by atoms with Gasteiger partial charge < -0.3 is 20.1 Å². The number of benzene rings is 1. The van der Waals surface area contributed by atoms with E-state index < -0.39 is 0 Å². The van der Waals surface area contributed by atoms with Gasteiger partial charge in [0.1, 0.15) is 17.6 Å². The van der Waals surface area contributed by atoms with Gasteiger partial charge in [-0.1, -0.05) is 19.3 Å². The molecule has 1 aliphatic heterocycles. The van der Waals surface area contributed by atoms with E-state index in [1.807, 2.05) is 26.0 Å². The van der Waals surface area contributed by atoms with Crippen LogP contribution in [-0.4, -0.2) is 31.1 Å². The second-order valence-corrected chi connectivity index (χ2v) is 7.46. The number of fused-ring (bicyclic) bond motifs is 1. The molecule has 1 aliphatic carbocycles. The van der Waals surface area contributed by atoms with E-state index in [2.05, 4.69) is 10.6 Å². The Morgan fingerprint density at radius 1 is 1.19 bits per heavy atom. The summed E-state index contributed by atoms with van der Waals surface area (Å²) in [6, 6.07) is 3.96. The Morgan fingerprint density at radius 2 is 1.96 bits per heavy atom. The van der Waals surface area contributed by atoms with Crippen molar-refractivity contribution in [3.05, 3.63) is 23.3 Å². The molecule has 2 amide bonds. The zero-order valence-electron chi connectivity index (χ0n) is 16.3. The fraction of sp³-hybridized carbons (Fsp3) is 0.619. The van der Waals surface area contributed by atoms with Crippen LogP contribution in [-0.2, 0) is 22.6 Å². The Morgan fingerprint density at radius 3 is 2.70 bits per heavy atom.